The van der Waals surface area contributed by atoms with E-state index in [4.69, 9.17) is 5.84 Å². The van der Waals surface area contributed by atoms with Gasteiger partial charge in [0.25, 0.3) is 0 Å². The quantitative estimate of drug-likeness (QED) is 0.362. The summed E-state index contributed by atoms with van der Waals surface area (Å²) in [4.78, 5) is 10.8. The van der Waals surface area contributed by atoms with Gasteiger partial charge in [0, 0.05) is 13.0 Å². The zero-order valence-electron chi connectivity index (χ0n) is 6.76. The van der Waals surface area contributed by atoms with Crippen LogP contribution in [0.2, 0.25) is 0 Å². The Morgan fingerprint density at radius 1 is 1.50 bits per heavy atom. The van der Waals surface area contributed by atoms with E-state index in [2.05, 4.69) is 6.92 Å². The molecule has 0 bridgehead atoms. The van der Waals surface area contributed by atoms with E-state index in [1.807, 2.05) is 6.92 Å². The van der Waals surface area contributed by atoms with E-state index in [-0.39, 0.29) is 5.91 Å². The van der Waals surface area contributed by atoms with E-state index in [1.54, 1.807) is 0 Å². The number of rotatable bonds is 4. The van der Waals surface area contributed by atoms with Crippen LogP contribution in [0.4, 0.5) is 0 Å². The van der Waals surface area contributed by atoms with Gasteiger partial charge < -0.3 is 0 Å². The van der Waals surface area contributed by atoms with Crippen LogP contribution >= 0.6 is 0 Å². The first-order valence-corrected chi connectivity index (χ1v) is 3.77. The van der Waals surface area contributed by atoms with Crippen molar-refractivity contribution in [1.82, 2.24) is 5.01 Å². The highest BCUT2D eigenvalue weighted by atomic mass is 16.2. The molecule has 0 spiro atoms. The molecule has 3 heteroatoms. The van der Waals surface area contributed by atoms with E-state index in [0.717, 1.165) is 12.8 Å². The Balaban J connectivity index is 3.41. The molecular formula is C7H16N2O. The van der Waals surface area contributed by atoms with Crippen molar-refractivity contribution < 1.29 is 4.79 Å². The molecule has 1 amide bonds. The zero-order valence-corrected chi connectivity index (χ0v) is 6.76. The third-order valence-electron chi connectivity index (χ3n) is 1.38. The average molecular weight is 144 g/mol. The molecule has 0 aromatic heterocycles. The SMILES string of the molecule is CCCCN(N)C(=O)CC. The Morgan fingerprint density at radius 3 is 2.50 bits per heavy atom. The third-order valence-corrected chi connectivity index (χ3v) is 1.38. The summed E-state index contributed by atoms with van der Waals surface area (Å²) in [6.07, 6.45) is 2.56. The lowest BCUT2D eigenvalue weighted by atomic mass is 10.3. The van der Waals surface area contributed by atoms with Gasteiger partial charge in [0.2, 0.25) is 5.91 Å². The predicted octanol–water partition coefficient (Wildman–Crippen LogP) is 0.899. The standard InChI is InChI=1S/C7H16N2O/c1-3-5-6-9(8)7(10)4-2/h3-6,8H2,1-2H3. The van der Waals surface area contributed by atoms with Crippen molar-refractivity contribution in [2.75, 3.05) is 6.54 Å². The van der Waals surface area contributed by atoms with Gasteiger partial charge in [-0.15, -0.1) is 0 Å². The highest BCUT2D eigenvalue weighted by Crippen LogP contribution is 1.91. The van der Waals surface area contributed by atoms with Crippen LogP contribution in [0.15, 0.2) is 0 Å². The molecule has 0 unspecified atom stereocenters. The van der Waals surface area contributed by atoms with Gasteiger partial charge in [0.15, 0.2) is 0 Å². The monoisotopic (exact) mass is 144 g/mol. The summed E-state index contributed by atoms with van der Waals surface area (Å²) in [5.74, 6) is 5.42. The molecule has 0 fully saturated rings. The molecule has 3 nitrogen and oxygen atoms in total. The molecule has 0 saturated heterocycles. The molecule has 0 aliphatic carbocycles. The van der Waals surface area contributed by atoms with E-state index < -0.39 is 0 Å². The summed E-state index contributed by atoms with van der Waals surface area (Å²) in [6.45, 7) is 4.57. The Morgan fingerprint density at radius 2 is 2.10 bits per heavy atom. The maximum Gasteiger partial charge on any atom is 0.236 e. The first-order chi connectivity index (χ1) is 4.72. The second-order valence-corrected chi connectivity index (χ2v) is 2.29. The summed E-state index contributed by atoms with van der Waals surface area (Å²) in [5.41, 5.74) is 0. The lowest BCUT2D eigenvalue weighted by Gasteiger charge is -2.14. The summed E-state index contributed by atoms with van der Waals surface area (Å²) in [7, 11) is 0. The molecule has 60 valence electrons. The van der Waals surface area contributed by atoms with Crippen molar-refractivity contribution >= 4 is 5.91 Å². The maximum atomic E-state index is 10.8. The molecular weight excluding hydrogens is 128 g/mol. The molecule has 0 aliphatic heterocycles. The summed E-state index contributed by atoms with van der Waals surface area (Å²) >= 11 is 0. The van der Waals surface area contributed by atoms with Crippen LogP contribution in [-0.4, -0.2) is 17.5 Å². The van der Waals surface area contributed by atoms with Crippen LogP contribution < -0.4 is 5.84 Å². The second-order valence-electron chi connectivity index (χ2n) is 2.29. The van der Waals surface area contributed by atoms with Crippen molar-refractivity contribution in [3.8, 4) is 0 Å². The van der Waals surface area contributed by atoms with E-state index in [0.29, 0.717) is 13.0 Å². The number of unbranched alkanes of at least 4 members (excludes halogenated alkanes) is 1. The predicted molar refractivity (Wildman–Crippen MR) is 41.1 cm³/mol. The maximum absolute atomic E-state index is 10.8. The summed E-state index contributed by atoms with van der Waals surface area (Å²) in [6, 6.07) is 0. The summed E-state index contributed by atoms with van der Waals surface area (Å²) < 4.78 is 0. The van der Waals surface area contributed by atoms with E-state index in [9.17, 15) is 4.79 Å². The van der Waals surface area contributed by atoms with Gasteiger partial charge in [-0.1, -0.05) is 20.3 Å². The Hall–Kier alpha value is -0.570. The molecule has 0 aliphatic rings. The first-order valence-electron chi connectivity index (χ1n) is 3.77. The van der Waals surface area contributed by atoms with Gasteiger partial charge in [0.05, 0.1) is 0 Å². The fourth-order valence-electron chi connectivity index (χ4n) is 0.656. The van der Waals surface area contributed by atoms with Crippen molar-refractivity contribution in [2.45, 2.75) is 33.1 Å². The Labute approximate surface area is 62.2 Å². The molecule has 0 radical (unpaired) electrons. The zero-order chi connectivity index (χ0) is 7.98. The number of nitrogens with zero attached hydrogens (tertiary/aromatic N) is 1. The van der Waals surface area contributed by atoms with Crippen molar-refractivity contribution in [1.29, 1.82) is 0 Å². The number of hydrazine groups is 1. The fourth-order valence-corrected chi connectivity index (χ4v) is 0.656. The number of carbonyl (C=O) groups is 1. The molecule has 0 saturated carbocycles. The number of nitrogens with two attached hydrogens (primary N) is 1. The van der Waals surface area contributed by atoms with Crippen LogP contribution in [0, 0.1) is 0 Å². The largest absolute Gasteiger partial charge is 0.281 e. The molecule has 2 N–H and O–H groups in total. The Bertz CT molecular complexity index is 104. The molecule has 10 heavy (non-hydrogen) atoms. The Kier molecular flexibility index (Phi) is 4.94. The van der Waals surface area contributed by atoms with Crippen LogP contribution in [-0.2, 0) is 4.79 Å². The lowest BCUT2D eigenvalue weighted by molar-refractivity contribution is -0.131. The minimum atomic E-state index is 0.0217. The minimum Gasteiger partial charge on any atom is -0.281 e. The van der Waals surface area contributed by atoms with Crippen LogP contribution in [0.5, 0.6) is 0 Å². The number of carbonyl (C=O) groups excluding carboxylic acids is 1. The molecule has 0 heterocycles. The number of amides is 1. The van der Waals surface area contributed by atoms with Crippen LogP contribution in [0.3, 0.4) is 0 Å². The van der Waals surface area contributed by atoms with Gasteiger partial charge >= 0.3 is 0 Å². The van der Waals surface area contributed by atoms with E-state index >= 15 is 0 Å². The normalized spacial score (nSPS) is 9.50. The average Bonchev–Trinajstić information content (AvgIpc) is 1.98. The second kappa shape index (κ2) is 5.23. The molecule has 0 atom stereocenters. The molecule has 0 aromatic rings. The van der Waals surface area contributed by atoms with Gasteiger partial charge in [-0.25, -0.2) is 5.84 Å². The smallest absolute Gasteiger partial charge is 0.236 e. The van der Waals surface area contributed by atoms with Crippen molar-refractivity contribution in [3.05, 3.63) is 0 Å². The number of hydrogen-bond acceptors (Lipinski definition) is 2. The van der Waals surface area contributed by atoms with Crippen LogP contribution in [0.25, 0.3) is 0 Å². The first kappa shape index (κ1) is 9.43. The number of hydrogen-bond donors (Lipinski definition) is 1. The van der Waals surface area contributed by atoms with Crippen molar-refractivity contribution in [3.63, 3.8) is 0 Å². The van der Waals surface area contributed by atoms with Gasteiger partial charge in [-0.2, -0.15) is 0 Å². The van der Waals surface area contributed by atoms with Crippen molar-refractivity contribution in [2.24, 2.45) is 5.84 Å². The topological polar surface area (TPSA) is 46.3 Å². The van der Waals surface area contributed by atoms with Gasteiger partial charge in [-0.3, -0.25) is 9.80 Å². The molecule has 0 rings (SSSR count). The lowest BCUT2D eigenvalue weighted by Crippen LogP contribution is -2.37. The minimum absolute atomic E-state index is 0.0217. The van der Waals surface area contributed by atoms with E-state index in [1.165, 1.54) is 5.01 Å². The fraction of sp³-hybridized carbons (Fsp3) is 0.857. The highest BCUT2D eigenvalue weighted by molar-refractivity contribution is 5.75. The van der Waals surface area contributed by atoms with Crippen LogP contribution in [0.1, 0.15) is 33.1 Å². The van der Waals surface area contributed by atoms with Gasteiger partial charge in [0.1, 0.15) is 0 Å². The van der Waals surface area contributed by atoms with Gasteiger partial charge in [-0.05, 0) is 6.42 Å². The summed E-state index contributed by atoms with van der Waals surface area (Å²) in [5, 5.41) is 1.30. The third kappa shape index (κ3) is 3.45. The molecule has 0 aromatic carbocycles. The highest BCUT2D eigenvalue weighted by Gasteiger charge is 2.03.